The maximum absolute atomic E-state index is 13.5. The zero-order valence-corrected chi connectivity index (χ0v) is 18.1. The van der Waals surface area contributed by atoms with Crippen molar-refractivity contribution < 1.29 is 19.5 Å². The van der Waals surface area contributed by atoms with E-state index in [-0.39, 0.29) is 24.3 Å². The van der Waals surface area contributed by atoms with Crippen molar-refractivity contribution in [3.63, 3.8) is 0 Å². The molecule has 4 rings (SSSR count). The lowest BCUT2D eigenvalue weighted by Gasteiger charge is -2.31. The molecule has 1 aliphatic heterocycles. The van der Waals surface area contributed by atoms with Crippen LogP contribution >= 0.6 is 0 Å². The molecule has 168 valence electrons. The number of hydrogen-bond acceptors (Lipinski definition) is 4. The van der Waals surface area contributed by atoms with Gasteiger partial charge in [-0.3, -0.25) is 14.5 Å². The molecule has 3 aliphatic rings. The summed E-state index contributed by atoms with van der Waals surface area (Å²) in [7, 11) is 0. The van der Waals surface area contributed by atoms with Crippen LogP contribution < -0.4 is 10.3 Å². The Balaban J connectivity index is 1.69. The number of amides is 2. The number of urea groups is 1. The standard InChI is InChI=1S/C24H33N3O4/c28-21(17-9-5-6-10-17)15-26-20-14-8-7-13-19(20)23(18-11-3-1-2-4-12-18)25-27(24(26)31)16-22(29)30/h7-8,13-14,17-18,23,25H,1-6,9-12,15-16H2,(H,29,30). The summed E-state index contributed by atoms with van der Waals surface area (Å²) >= 11 is 0. The van der Waals surface area contributed by atoms with Gasteiger partial charge >= 0.3 is 12.0 Å². The number of benzene rings is 1. The summed E-state index contributed by atoms with van der Waals surface area (Å²) in [6.45, 7) is -0.445. The molecular formula is C24H33N3O4. The third-order valence-corrected chi connectivity index (χ3v) is 7.11. The van der Waals surface area contributed by atoms with E-state index in [4.69, 9.17) is 0 Å². The summed E-state index contributed by atoms with van der Waals surface area (Å²) < 4.78 is 0. The second kappa shape index (κ2) is 9.81. The number of nitrogens with one attached hydrogen (secondary N) is 1. The SMILES string of the molecule is O=C(O)CN1NC(C2CCCCCC2)c2ccccc2N(CC(=O)C2CCCC2)C1=O. The van der Waals surface area contributed by atoms with Crippen LogP contribution in [0.5, 0.6) is 0 Å². The van der Waals surface area contributed by atoms with Crippen LogP contribution in [0.4, 0.5) is 10.5 Å². The highest BCUT2D eigenvalue weighted by Crippen LogP contribution is 2.40. The first-order valence-electron chi connectivity index (χ1n) is 11.7. The van der Waals surface area contributed by atoms with Gasteiger partial charge in [0.2, 0.25) is 0 Å². The Hall–Kier alpha value is -2.41. The van der Waals surface area contributed by atoms with E-state index < -0.39 is 18.5 Å². The minimum atomic E-state index is -1.08. The van der Waals surface area contributed by atoms with E-state index in [1.807, 2.05) is 24.3 Å². The quantitative estimate of drug-likeness (QED) is 0.661. The minimum absolute atomic E-state index is 0.00162. The smallest absolute Gasteiger partial charge is 0.339 e. The van der Waals surface area contributed by atoms with Crippen molar-refractivity contribution in [3.8, 4) is 0 Å². The molecule has 2 amide bonds. The Morgan fingerprint density at radius 1 is 0.935 bits per heavy atom. The number of nitrogens with zero attached hydrogens (tertiary/aromatic N) is 2. The average molecular weight is 428 g/mol. The molecule has 1 aromatic rings. The first-order valence-corrected chi connectivity index (χ1v) is 11.7. The molecule has 2 aliphatic carbocycles. The Labute approximate surface area is 183 Å². The number of para-hydroxylation sites is 1. The topological polar surface area (TPSA) is 89.9 Å². The zero-order valence-electron chi connectivity index (χ0n) is 18.1. The summed E-state index contributed by atoms with van der Waals surface area (Å²) in [5.74, 6) is -0.683. The van der Waals surface area contributed by atoms with Crippen molar-refractivity contribution in [1.29, 1.82) is 0 Å². The number of ketones is 1. The first-order chi connectivity index (χ1) is 15.0. The summed E-state index contributed by atoms with van der Waals surface area (Å²) in [6.07, 6.45) is 10.7. The summed E-state index contributed by atoms with van der Waals surface area (Å²) in [5.41, 5.74) is 4.98. The number of hydrogen-bond donors (Lipinski definition) is 2. The Kier molecular flexibility index (Phi) is 6.90. The highest BCUT2D eigenvalue weighted by molar-refractivity contribution is 6.00. The fourth-order valence-electron chi connectivity index (χ4n) is 5.48. The van der Waals surface area contributed by atoms with E-state index in [2.05, 4.69) is 5.43 Å². The summed E-state index contributed by atoms with van der Waals surface area (Å²) in [6, 6.07) is 7.14. The Morgan fingerprint density at radius 2 is 1.58 bits per heavy atom. The molecule has 0 radical (unpaired) electrons. The Bertz CT molecular complexity index is 813. The molecule has 2 N–H and O–H groups in total. The van der Waals surface area contributed by atoms with Gasteiger partial charge in [-0.1, -0.05) is 56.7 Å². The molecule has 31 heavy (non-hydrogen) atoms. The number of rotatable bonds is 6. The second-order valence-corrected chi connectivity index (χ2v) is 9.21. The van der Waals surface area contributed by atoms with Gasteiger partial charge in [0.1, 0.15) is 6.54 Å². The number of hydrazine groups is 1. The molecule has 0 bridgehead atoms. The highest BCUT2D eigenvalue weighted by Gasteiger charge is 2.38. The van der Waals surface area contributed by atoms with Gasteiger partial charge in [-0.2, -0.15) is 0 Å². The molecular weight excluding hydrogens is 394 g/mol. The van der Waals surface area contributed by atoms with E-state index in [1.165, 1.54) is 22.8 Å². The van der Waals surface area contributed by atoms with Gasteiger partial charge in [-0.05, 0) is 43.2 Å². The zero-order chi connectivity index (χ0) is 21.8. The lowest BCUT2D eigenvalue weighted by atomic mass is 9.86. The molecule has 7 heteroatoms. The van der Waals surface area contributed by atoms with Crippen LogP contribution in [-0.2, 0) is 9.59 Å². The van der Waals surface area contributed by atoms with E-state index in [0.717, 1.165) is 62.6 Å². The molecule has 1 heterocycles. The van der Waals surface area contributed by atoms with Crippen molar-refractivity contribution in [2.45, 2.75) is 70.3 Å². The number of carboxylic acids is 1. The lowest BCUT2D eigenvalue weighted by molar-refractivity contribution is -0.138. The molecule has 1 atom stereocenters. The molecule has 0 aromatic heterocycles. The van der Waals surface area contributed by atoms with Crippen LogP contribution in [0.15, 0.2) is 24.3 Å². The van der Waals surface area contributed by atoms with Crippen molar-refractivity contribution >= 4 is 23.5 Å². The first kappa shape index (κ1) is 21.8. The fourth-order valence-corrected chi connectivity index (χ4v) is 5.48. The number of carboxylic acid groups (broad SMARTS) is 1. The van der Waals surface area contributed by atoms with Crippen molar-refractivity contribution in [1.82, 2.24) is 10.4 Å². The molecule has 2 saturated carbocycles. The van der Waals surface area contributed by atoms with Crippen LogP contribution in [0, 0.1) is 11.8 Å². The van der Waals surface area contributed by atoms with E-state index in [9.17, 15) is 19.5 Å². The molecule has 0 spiro atoms. The van der Waals surface area contributed by atoms with E-state index in [1.54, 1.807) is 0 Å². The fraction of sp³-hybridized carbons (Fsp3) is 0.625. The van der Waals surface area contributed by atoms with Crippen LogP contribution in [-0.4, -0.2) is 41.0 Å². The van der Waals surface area contributed by atoms with Gasteiger partial charge in [-0.15, -0.1) is 0 Å². The number of anilines is 1. The van der Waals surface area contributed by atoms with Crippen LogP contribution in [0.3, 0.4) is 0 Å². The highest BCUT2D eigenvalue weighted by atomic mass is 16.4. The minimum Gasteiger partial charge on any atom is -0.480 e. The number of aliphatic carboxylic acids is 1. The van der Waals surface area contributed by atoms with E-state index >= 15 is 0 Å². The maximum atomic E-state index is 13.5. The molecule has 1 unspecified atom stereocenters. The van der Waals surface area contributed by atoms with Crippen LogP contribution in [0.2, 0.25) is 0 Å². The number of Topliss-reactive ketones (excluding diaryl/α,β-unsaturated/α-hetero) is 1. The second-order valence-electron chi connectivity index (χ2n) is 9.21. The summed E-state index contributed by atoms with van der Waals surface area (Å²) in [5, 5.41) is 10.7. The van der Waals surface area contributed by atoms with Gasteiger partial charge in [0.25, 0.3) is 0 Å². The van der Waals surface area contributed by atoms with Gasteiger partial charge < -0.3 is 5.11 Å². The van der Waals surface area contributed by atoms with Crippen LogP contribution in [0.25, 0.3) is 0 Å². The number of fused-ring (bicyclic) bond motifs is 1. The Morgan fingerprint density at radius 3 is 2.26 bits per heavy atom. The van der Waals surface area contributed by atoms with Crippen molar-refractivity contribution in [2.75, 3.05) is 18.0 Å². The van der Waals surface area contributed by atoms with Gasteiger partial charge in [-0.25, -0.2) is 15.2 Å². The molecule has 0 saturated heterocycles. The number of carbonyl (C=O) groups is 3. The van der Waals surface area contributed by atoms with Crippen molar-refractivity contribution in [3.05, 3.63) is 29.8 Å². The predicted octanol–water partition coefficient (Wildman–Crippen LogP) is 4.29. The van der Waals surface area contributed by atoms with E-state index in [0.29, 0.717) is 5.92 Å². The molecule has 7 nitrogen and oxygen atoms in total. The van der Waals surface area contributed by atoms with Gasteiger partial charge in [0, 0.05) is 5.92 Å². The third-order valence-electron chi connectivity index (χ3n) is 7.11. The van der Waals surface area contributed by atoms with Crippen molar-refractivity contribution in [2.24, 2.45) is 11.8 Å². The summed E-state index contributed by atoms with van der Waals surface area (Å²) in [4.78, 5) is 39.5. The maximum Gasteiger partial charge on any atom is 0.339 e. The number of carbonyl (C=O) groups excluding carboxylic acids is 2. The predicted molar refractivity (Wildman–Crippen MR) is 118 cm³/mol. The lowest BCUT2D eigenvalue weighted by Crippen LogP contribution is -2.53. The normalized spacial score (nSPS) is 23.4. The average Bonchev–Trinajstić information content (AvgIpc) is 3.13. The van der Waals surface area contributed by atoms with Crippen LogP contribution in [0.1, 0.15) is 75.8 Å². The van der Waals surface area contributed by atoms with Gasteiger partial charge in [0.15, 0.2) is 5.78 Å². The largest absolute Gasteiger partial charge is 0.480 e. The molecule has 1 aromatic carbocycles. The monoisotopic (exact) mass is 427 g/mol. The van der Waals surface area contributed by atoms with Gasteiger partial charge in [0.05, 0.1) is 18.3 Å². The molecule has 2 fully saturated rings. The third kappa shape index (κ3) is 4.92.